The molecular weight excluding hydrogens is 273 g/mol. The zero-order valence-electron chi connectivity index (χ0n) is 12.1. The van der Waals surface area contributed by atoms with E-state index in [4.69, 9.17) is 0 Å². The van der Waals surface area contributed by atoms with Gasteiger partial charge in [-0.05, 0) is 31.4 Å². The van der Waals surface area contributed by atoms with E-state index in [1.165, 1.54) is 6.07 Å². The van der Waals surface area contributed by atoms with Crippen molar-refractivity contribution >= 4 is 17.6 Å². The molecule has 1 aromatic carbocycles. The molecular formula is C16H20FNO3. The highest BCUT2D eigenvalue weighted by Gasteiger charge is 2.41. The molecule has 1 saturated carbocycles. The Bertz CT molecular complexity index is 530. The normalized spacial score (nSPS) is 17.2. The Labute approximate surface area is 123 Å². The number of carbonyl (C=O) groups excluding carboxylic acids is 1. The first-order valence-corrected chi connectivity index (χ1v) is 7.23. The molecule has 114 valence electrons. The monoisotopic (exact) mass is 293 g/mol. The molecule has 1 amide bonds. The maximum atomic E-state index is 13.7. The van der Waals surface area contributed by atoms with Crippen LogP contribution in [0.25, 0.3) is 0 Å². The van der Waals surface area contributed by atoms with E-state index < -0.39 is 23.1 Å². The molecule has 0 radical (unpaired) electrons. The van der Waals surface area contributed by atoms with Crippen LogP contribution in [0.5, 0.6) is 0 Å². The summed E-state index contributed by atoms with van der Waals surface area (Å²) < 4.78 is 13.7. The predicted molar refractivity (Wildman–Crippen MR) is 77.5 cm³/mol. The minimum Gasteiger partial charge on any atom is -0.481 e. The number of benzene rings is 1. The average Bonchev–Trinajstić information content (AvgIpc) is 2.44. The summed E-state index contributed by atoms with van der Waals surface area (Å²) in [7, 11) is 0. The van der Waals surface area contributed by atoms with E-state index >= 15 is 0 Å². The van der Waals surface area contributed by atoms with Crippen molar-refractivity contribution in [1.82, 2.24) is 0 Å². The Hall–Kier alpha value is -1.91. The molecule has 0 heterocycles. The number of carboxylic acid groups (broad SMARTS) is 1. The largest absolute Gasteiger partial charge is 0.481 e. The number of para-hydroxylation sites is 1. The lowest BCUT2D eigenvalue weighted by atomic mass is 9.71. The zero-order chi connectivity index (χ0) is 15.5. The molecule has 0 aliphatic heterocycles. The van der Waals surface area contributed by atoms with Gasteiger partial charge in [-0.25, -0.2) is 4.39 Å². The van der Waals surface area contributed by atoms with Crippen LogP contribution in [0.3, 0.4) is 0 Å². The average molecular weight is 293 g/mol. The highest BCUT2D eigenvalue weighted by molar-refractivity contribution is 5.95. The van der Waals surface area contributed by atoms with Crippen molar-refractivity contribution in [3.05, 3.63) is 29.6 Å². The van der Waals surface area contributed by atoms with Gasteiger partial charge < -0.3 is 10.4 Å². The topological polar surface area (TPSA) is 66.4 Å². The van der Waals surface area contributed by atoms with Gasteiger partial charge >= 0.3 is 5.97 Å². The van der Waals surface area contributed by atoms with E-state index in [2.05, 4.69) is 5.32 Å². The van der Waals surface area contributed by atoms with Crippen LogP contribution in [0, 0.1) is 18.2 Å². The number of halogens is 1. The van der Waals surface area contributed by atoms with Crippen molar-refractivity contribution in [3.63, 3.8) is 0 Å². The Morgan fingerprint density at radius 3 is 2.52 bits per heavy atom. The van der Waals surface area contributed by atoms with Crippen molar-refractivity contribution in [2.45, 2.75) is 45.4 Å². The number of carboxylic acids is 1. The molecule has 5 heteroatoms. The summed E-state index contributed by atoms with van der Waals surface area (Å²) in [6.07, 6.45) is 3.55. The number of aryl methyl sites for hydroxylation is 1. The van der Waals surface area contributed by atoms with Crippen LogP contribution >= 0.6 is 0 Å². The number of amides is 1. The Morgan fingerprint density at radius 1 is 1.29 bits per heavy atom. The Balaban J connectivity index is 2.11. The number of nitrogens with one attached hydrogen (secondary N) is 1. The summed E-state index contributed by atoms with van der Waals surface area (Å²) in [5.74, 6) is -1.87. The van der Waals surface area contributed by atoms with Crippen molar-refractivity contribution < 1.29 is 19.1 Å². The van der Waals surface area contributed by atoms with Crippen LogP contribution in [-0.4, -0.2) is 17.0 Å². The van der Waals surface area contributed by atoms with Crippen LogP contribution in [0.2, 0.25) is 0 Å². The third-order valence-electron chi connectivity index (χ3n) is 4.25. The minimum atomic E-state index is -0.999. The minimum absolute atomic E-state index is 0.101. The standard InChI is InChI=1S/C16H20FNO3/c1-11-6-5-7-12(17)14(11)18-13(19)10-16(15(20)21)8-3-2-4-9-16/h5-7H,2-4,8-10H2,1H3,(H,18,19)(H,20,21). The highest BCUT2D eigenvalue weighted by atomic mass is 19.1. The molecule has 0 spiro atoms. The second-order valence-corrected chi connectivity index (χ2v) is 5.80. The number of rotatable bonds is 4. The van der Waals surface area contributed by atoms with E-state index in [0.717, 1.165) is 19.3 Å². The predicted octanol–water partition coefficient (Wildman–Crippen LogP) is 3.50. The summed E-state index contributed by atoms with van der Waals surface area (Å²) in [4.78, 5) is 23.7. The second-order valence-electron chi connectivity index (χ2n) is 5.80. The summed E-state index contributed by atoms with van der Waals surface area (Å²) in [6, 6.07) is 4.54. The van der Waals surface area contributed by atoms with Crippen LogP contribution in [0.15, 0.2) is 18.2 Å². The highest BCUT2D eigenvalue weighted by Crippen LogP contribution is 2.40. The molecule has 2 N–H and O–H groups in total. The summed E-state index contributed by atoms with van der Waals surface area (Å²) in [5, 5.41) is 12.0. The fourth-order valence-corrected chi connectivity index (χ4v) is 2.98. The molecule has 21 heavy (non-hydrogen) atoms. The Morgan fingerprint density at radius 2 is 1.95 bits per heavy atom. The lowest BCUT2D eigenvalue weighted by Gasteiger charge is -2.32. The van der Waals surface area contributed by atoms with Crippen molar-refractivity contribution in [1.29, 1.82) is 0 Å². The molecule has 1 aliphatic carbocycles. The lowest BCUT2D eigenvalue weighted by molar-refractivity contribution is -0.153. The zero-order valence-corrected chi connectivity index (χ0v) is 12.1. The quantitative estimate of drug-likeness (QED) is 0.893. The molecule has 0 saturated heterocycles. The SMILES string of the molecule is Cc1cccc(F)c1NC(=O)CC1(C(=O)O)CCCCC1. The van der Waals surface area contributed by atoms with E-state index in [0.29, 0.717) is 18.4 Å². The van der Waals surface area contributed by atoms with E-state index in [-0.39, 0.29) is 12.1 Å². The molecule has 0 atom stereocenters. The van der Waals surface area contributed by atoms with Crippen LogP contribution in [0.1, 0.15) is 44.1 Å². The van der Waals surface area contributed by atoms with Crippen molar-refractivity contribution in [2.24, 2.45) is 5.41 Å². The van der Waals surface area contributed by atoms with Crippen molar-refractivity contribution in [3.8, 4) is 0 Å². The van der Waals surface area contributed by atoms with Gasteiger partial charge in [0, 0.05) is 6.42 Å². The number of hydrogen-bond acceptors (Lipinski definition) is 2. The second kappa shape index (κ2) is 6.24. The molecule has 4 nitrogen and oxygen atoms in total. The van der Waals surface area contributed by atoms with Crippen LogP contribution in [0.4, 0.5) is 10.1 Å². The van der Waals surface area contributed by atoms with E-state index in [1.807, 2.05) is 0 Å². The molecule has 1 aromatic rings. The molecule has 0 aromatic heterocycles. The van der Waals surface area contributed by atoms with Gasteiger partial charge in [-0.1, -0.05) is 31.4 Å². The maximum absolute atomic E-state index is 13.7. The number of hydrogen-bond donors (Lipinski definition) is 2. The number of anilines is 1. The van der Waals surface area contributed by atoms with Gasteiger partial charge in [0.15, 0.2) is 0 Å². The first kappa shape index (κ1) is 15.5. The van der Waals surface area contributed by atoms with Crippen LogP contribution in [-0.2, 0) is 9.59 Å². The van der Waals surface area contributed by atoms with Gasteiger partial charge in [-0.2, -0.15) is 0 Å². The van der Waals surface area contributed by atoms with E-state index in [9.17, 15) is 19.1 Å². The van der Waals surface area contributed by atoms with Gasteiger partial charge in [0.2, 0.25) is 5.91 Å². The van der Waals surface area contributed by atoms with E-state index in [1.54, 1.807) is 19.1 Å². The first-order valence-electron chi connectivity index (χ1n) is 7.23. The number of aliphatic carboxylic acids is 1. The Kier molecular flexibility index (Phi) is 4.60. The molecule has 2 rings (SSSR count). The molecule has 0 unspecified atom stereocenters. The first-order chi connectivity index (χ1) is 9.94. The molecule has 1 aliphatic rings. The smallest absolute Gasteiger partial charge is 0.310 e. The van der Waals surface area contributed by atoms with Gasteiger partial charge in [0.1, 0.15) is 5.82 Å². The number of carbonyl (C=O) groups is 2. The van der Waals surface area contributed by atoms with Gasteiger partial charge in [-0.15, -0.1) is 0 Å². The molecule has 0 bridgehead atoms. The third-order valence-corrected chi connectivity index (χ3v) is 4.25. The third kappa shape index (κ3) is 3.40. The molecule has 1 fully saturated rings. The fourth-order valence-electron chi connectivity index (χ4n) is 2.98. The fraction of sp³-hybridized carbons (Fsp3) is 0.500. The van der Waals surface area contributed by atoms with Crippen molar-refractivity contribution in [2.75, 3.05) is 5.32 Å². The van der Waals surface area contributed by atoms with Gasteiger partial charge in [0.25, 0.3) is 0 Å². The van der Waals surface area contributed by atoms with Gasteiger partial charge in [0.05, 0.1) is 11.1 Å². The lowest BCUT2D eigenvalue weighted by Crippen LogP contribution is -2.37. The summed E-state index contributed by atoms with van der Waals surface area (Å²) in [6.45, 7) is 1.70. The summed E-state index contributed by atoms with van der Waals surface area (Å²) in [5.41, 5.74) is -0.239. The van der Waals surface area contributed by atoms with Gasteiger partial charge in [-0.3, -0.25) is 9.59 Å². The van der Waals surface area contributed by atoms with Crippen LogP contribution < -0.4 is 5.32 Å². The summed E-state index contributed by atoms with van der Waals surface area (Å²) >= 11 is 0. The maximum Gasteiger partial charge on any atom is 0.310 e.